The summed E-state index contributed by atoms with van der Waals surface area (Å²) in [5.74, 6) is 7.00. The summed E-state index contributed by atoms with van der Waals surface area (Å²) in [5, 5.41) is 0. The molecule has 0 N–H and O–H groups in total. The fraction of sp³-hybridized carbons (Fsp3) is 0.227. The summed E-state index contributed by atoms with van der Waals surface area (Å²) in [6.07, 6.45) is 3.32. The summed E-state index contributed by atoms with van der Waals surface area (Å²) in [6.45, 7) is 5.94. The number of nitrogens with zero attached hydrogens (tertiary/aromatic N) is 3. The van der Waals surface area contributed by atoms with Crippen molar-refractivity contribution in [2.75, 3.05) is 0 Å². The number of aromatic nitrogens is 3. The van der Waals surface area contributed by atoms with Gasteiger partial charge in [0, 0.05) is 29.7 Å². The fourth-order valence-electron chi connectivity index (χ4n) is 2.95. The first-order chi connectivity index (χ1) is 13.1. The van der Waals surface area contributed by atoms with E-state index in [0.717, 1.165) is 16.8 Å². The third-order valence-electron chi connectivity index (χ3n) is 4.27. The molecule has 0 aliphatic carbocycles. The van der Waals surface area contributed by atoms with Gasteiger partial charge in [-0.15, -0.1) is 5.92 Å². The molecule has 0 aliphatic rings. The minimum absolute atomic E-state index is 0.0901. The second-order valence-electron chi connectivity index (χ2n) is 6.17. The van der Waals surface area contributed by atoms with Crippen LogP contribution in [0, 0.1) is 18.8 Å². The Kier molecular flexibility index (Phi) is 5.68. The average molecular weight is 359 g/mol. The van der Waals surface area contributed by atoms with E-state index in [1.165, 1.54) is 6.07 Å². The zero-order valence-corrected chi connectivity index (χ0v) is 15.6. The Labute approximate surface area is 158 Å². The first-order valence-corrected chi connectivity index (χ1v) is 8.73. The molecule has 3 aromatic rings. The molecular formula is C22H21N3O2. The minimum atomic E-state index is -0.107. The Bertz CT molecular complexity index is 1030. The molecule has 0 radical (unpaired) electrons. The summed E-state index contributed by atoms with van der Waals surface area (Å²) < 4.78 is 7.44. The van der Waals surface area contributed by atoms with Crippen LogP contribution in [0.3, 0.4) is 0 Å². The highest BCUT2D eigenvalue weighted by Crippen LogP contribution is 2.20. The summed E-state index contributed by atoms with van der Waals surface area (Å²) in [6, 6.07) is 13.0. The molecule has 3 rings (SSSR count). The van der Waals surface area contributed by atoms with Crippen molar-refractivity contribution >= 4 is 0 Å². The second kappa shape index (κ2) is 8.33. The molecule has 2 heterocycles. The normalized spacial score (nSPS) is 11.4. The van der Waals surface area contributed by atoms with Crippen molar-refractivity contribution in [2.24, 2.45) is 0 Å². The van der Waals surface area contributed by atoms with Gasteiger partial charge in [-0.3, -0.25) is 4.79 Å². The Balaban J connectivity index is 1.81. The van der Waals surface area contributed by atoms with Crippen LogP contribution in [-0.2, 0) is 6.61 Å². The lowest BCUT2D eigenvalue weighted by molar-refractivity contribution is 0.294. The molecule has 0 fully saturated rings. The molecule has 2 aromatic heterocycles. The lowest BCUT2D eigenvalue weighted by Crippen LogP contribution is -2.25. The van der Waals surface area contributed by atoms with Gasteiger partial charge in [0.15, 0.2) is 5.82 Å². The van der Waals surface area contributed by atoms with E-state index in [2.05, 4.69) is 21.8 Å². The zero-order chi connectivity index (χ0) is 19.2. The summed E-state index contributed by atoms with van der Waals surface area (Å²) in [4.78, 5) is 20.9. The lowest BCUT2D eigenvalue weighted by Gasteiger charge is -2.19. The van der Waals surface area contributed by atoms with Gasteiger partial charge in [0.2, 0.25) is 0 Å². The van der Waals surface area contributed by atoms with Gasteiger partial charge >= 0.3 is 0 Å². The molecule has 0 amide bonds. The monoisotopic (exact) mass is 359 g/mol. The third-order valence-corrected chi connectivity index (χ3v) is 4.27. The van der Waals surface area contributed by atoms with E-state index in [9.17, 15) is 4.79 Å². The number of rotatable bonds is 5. The highest BCUT2D eigenvalue weighted by molar-refractivity contribution is 5.37. The molecule has 1 atom stereocenters. The van der Waals surface area contributed by atoms with Crippen molar-refractivity contribution in [2.45, 2.75) is 33.4 Å². The summed E-state index contributed by atoms with van der Waals surface area (Å²) in [5.41, 5.74) is 2.73. The van der Waals surface area contributed by atoms with Gasteiger partial charge in [-0.1, -0.05) is 18.1 Å². The van der Waals surface area contributed by atoms with Crippen molar-refractivity contribution in [1.29, 1.82) is 0 Å². The van der Waals surface area contributed by atoms with E-state index < -0.39 is 0 Å². The van der Waals surface area contributed by atoms with E-state index in [1.54, 1.807) is 23.0 Å². The van der Waals surface area contributed by atoms with Crippen molar-refractivity contribution in [1.82, 2.24) is 14.5 Å². The summed E-state index contributed by atoms with van der Waals surface area (Å²) in [7, 11) is 0. The van der Waals surface area contributed by atoms with Gasteiger partial charge in [-0.25, -0.2) is 9.97 Å². The van der Waals surface area contributed by atoms with E-state index >= 15 is 0 Å². The topological polar surface area (TPSA) is 57.0 Å². The number of hydrogen-bond acceptors (Lipinski definition) is 4. The van der Waals surface area contributed by atoms with E-state index in [0.29, 0.717) is 11.6 Å². The molecule has 0 aliphatic heterocycles. The van der Waals surface area contributed by atoms with Crippen molar-refractivity contribution in [3.05, 3.63) is 87.9 Å². The van der Waals surface area contributed by atoms with Crippen LogP contribution in [0.1, 0.15) is 42.5 Å². The molecule has 5 heteroatoms. The van der Waals surface area contributed by atoms with Gasteiger partial charge in [-0.05, 0) is 50.6 Å². The van der Waals surface area contributed by atoms with Crippen molar-refractivity contribution in [3.8, 4) is 17.6 Å². The van der Waals surface area contributed by atoms with Crippen molar-refractivity contribution < 1.29 is 4.74 Å². The van der Waals surface area contributed by atoms with Gasteiger partial charge in [-0.2, -0.15) is 0 Å². The van der Waals surface area contributed by atoms with E-state index in [-0.39, 0.29) is 18.2 Å². The number of pyridine rings is 1. The first-order valence-electron chi connectivity index (χ1n) is 8.73. The molecule has 0 saturated heterocycles. The van der Waals surface area contributed by atoms with Crippen LogP contribution in [0.2, 0.25) is 0 Å². The molecule has 5 nitrogen and oxygen atoms in total. The lowest BCUT2D eigenvalue weighted by atomic mass is 10.1. The molecular weight excluding hydrogens is 338 g/mol. The Hall–Kier alpha value is -3.39. The van der Waals surface area contributed by atoms with Crippen LogP contribution in [0.25, 0.3) is 0 Å². The van der Waals surface area contributed by atoms with Gasteiger partial charge in [0.05, 0.1) is 6.04 Å². The van der Waals surface area contributed by atoms with Crippen LogP contribution < -0.4 is 10.3 Å². The second-order valence-corrected chi connectivity index (χ2v) is 6.17. The van der Waals surface area contributed by atoms with E-state index in [1.807, 2.05) is 51.1 Å². The number of ether oxygens (including phenoxy) is 1. The molecule has 1 aromatic carbocycles. The number of benzene rings is 1. The van der Waals surface area contributed by atoms with Gasteiger partial charge < -0.3 is 9.30 Å². The van der Waals surface area contributed by atoms with Crippen LogP contribution in [0.4, 0.5) is 0 Å². The first kappa shape index (κ1) is 18.4. The van der Waals surface area contributed by atoms with Crippen LogP contribution >= 0.6 is 0 Å². The molecule has 1 unspecified atom stereocenters. The SMILES string of the molecule is CC#Cc1ccc(C(C)n2c(C)cc(OCc3ncccn3)cc2=O)cc1. The Morgan fingerprint density at radius 3 is 2.48 bits per heavy atom. The van der Waals surface area contributed by atoms with Gasteiger partial charge in [0.25, 0.3) is 5.56 Å². The maximum absolute atomic E-state index is 12.7. The highest BCUT2D eigenvalue weighted by Gasteiger charge is 2.13. The van der Waals surface area contributed by atoms with Gasteiger partial charge in [0.1, 0.15) is 12.4 Å². The van der Waals surface area contributed by atoms with Crippen LogP contribution in [0.15, 0.2) is 59.7 Å². The predicted molar refractivity (Wildman–Crippen MR) is 105 cm³/mol. The minimum Gasteiger partial charge on any atom is -0.485 e. The molecule has 136 valence electrons. The molecule has 0 bridgehead atoms. The van der Waals surface area contributed by atoms with Crippen molar-refractivity contribution in [3.63, 3.8) is 0 Å². The van der Waals surface area contributed by atoms with Crippen LogP contribution in [0.5, 0.6) is 5.75 Å². The average Bonchev–Trinajstić information content (AvgIpc) is 2.67. The fourth-order valence-corrected chi connectivity index (χ4v) is 2.95. The number of hydrogen-bond donors (Lipinski definition) is 0. The standard InChI is InChI=1S/C22H21N3O2/c1-4-6-18-7-9-19(10-8-18)17(3)25-16(2)13-20(14-22(25)26)27-15-21-23-11-5-12-24-21/h5,7-14,17H,15H2,1-3H3. The smallest absolute Gasteiger partial charge is 0.254 e. The predicted octanol–water partition coefficient (Wildman–Crippen LogP) is 3.51. The maximum atomic E-state index is 12.7. The largest absolute Gasteiger partial charge is 0.485 e. The number of aryl methyl sites for hydroxylation is 1. The van der Waals surface area contributed by atoms with E-state index in [4.69, 9.17) is 4.74 Å². The molecule has 0 saturated carbocycles. The third kappa shape index (κ3) is 4.42. The zero-order valence-electron chi connectivity index (χ0n) is 15.6. The Morgan fingerprint density at radius 2 is 1.85 bits per heavy atom. The van der Waals surface area contributed by atoms with Crippen LogP contribution in [-0.4, -0.2) is 14.5 Å². The highest BCUT2D eigenvalue weighted by atomic mass is 16.5. The Morgan fingerprint density at radius 1 is 1.15 bits per heavy atom. The molecule has 0 spiro atoms. The quantitative estimate of drug-likeness (QED) is 0.654. The maximum Gasteiger partial charge on any atom is 0.254 e. The summed E-state index contributed by atoms with van der Waals surface area (Å²) >= 11 is 0. The molecule has 27 heavy (non-hydrogen) atoms.